The van der Waals surface area contributed by atoms with E-state index in [4.69, 9.17) is 4.42 Å². The summed E-state index contributed by atoms with van der Waals surface area (Å²) in [6.07, 6.45) is 2.83. The topological polar surface area (TPSA) is 42.2 Å². The summed E-state index contributed by atoms with van der Waals surface area (Å²) in [5.41, 5.74) is 0.155. The van der Waals surface area contributed by atoms with Crippen molar-refractivity contribution in [2.24, 2.45) is 0 Å². The Kier molecular flexibility index (Phi) is 3.57. The van der Waals surface area contributed by atoms with Crippen LogP contribution in [0, 0.1) is 12.7 Å². The van der Waals surface area contributed by atoms with Crippen LogP contribution in [0.5, 0.6) is 0 Å². The second-order valence-corrected chi connectivity index (χ2v) is 3.75. The minimum Gasteiger partial charge on any atom is -0.462 e. The zero-order chi connectivity index (χ0) is 13.0. The van der Waals surface area contributed by atoms with Gasteiger partial charge in [-0.2, -0.15) is 0 Å². The molecular formula is C14H12FNO2. The second kappa shape index (κ2) is 5.31. The maximum Gasteiger partial charge on any atom is 0.248 e. The Bertz CT molecular complexity index is 587. The number of carbonyl (C=O) groups excluding carboxylic acids is 1. The molecule has 0 unspecified atom stereocenters. The third-order valence-corrected chi connectivity index (χ3v) is 2.29. The van der Waals surface area contributed by atoms with E-state index in [9.17, 15) is 9.18 Å². The van der Waals surface area contributed by atoms with Gasteiger partial charge in [-0.05, 0) is 37.3 Å². The van der Waals surface area contributed by atoms with Gasteiger partial charge < -0.3 is 9.73 Å². The molecule has 0 radical (unpaired) electrons. The van der Waals surface area contributed by atoms with Gasteiger partial charge in [0.1, 0.15) is 17.3 Å². The number of anilines is 1. The number of halogens is 1. The van der Waals surface area contributed by atoms with Crippen LogP contribution in [0.15, 0.2) is 46.9 Å². The monoisotopic (exact) mass is 245 g/mol. The van der Waals surface area contributed by atoms with Gasteiger partial charge >= 0.3 is 0 Å². The van der Waals surface area contributed by atoms with Crippen molar-refractivity contribution >= 4 is 17.7 Å². The molecule has 0 saturated heterocycles. The summed E-state index contributed by atoms with van der Waals surface area (Å²) in [7, 11) is 0. The van der Waals surface area contributed by atoms with Crippen molar-refractivity contribution in [2.45, 2.75) is 6.92 Å². The molecule has 4 heteroatoms. The van der Waals surface area contributed by atoms with E-state index in [1.807, 2.05) is 6.92 Å². The van der Waals surface area contributed by atoms with Crippen molar-refractivity contribution in [3.8, 4) is 0 Å². The molecule has 0 spiro atoms. The quantitative estimate of drug-likeness (QED) is 0.842. The van der Waals surface area contributed by atoms with E-state index in [2.05, 4.69) is 5.32 Å². The highest BCUT2D eigenvalue weighted by molar-refractivity contribution is 6.01. The fourth-order valence-corrected chi connectivity index (χ4v) is 1.44. The second-order valence-electron chi connectivity index (χ2n) is 3.75. The summed E-state index contributed by atoms with van der Waals surface area (Å²) in [6.45, 7) is 1.82. The molecule has 0 saturated carbocycles. The third-order valence-electron chi connectivity index (χ3n) is 2.29. The number of nitrogens with one attached hydrogen (secondary N) is 1. The lowest BCUT2D eigenvalue weighted by molar-refractivity contribution is -0.111. The minimum absolute atomic E-state index is 0.155. The predicted molar refractivity (Wildman–Crippen MR) is 67.5 cm³/mol. The number of furan rings is 1. The molecule has 2 aromatic rings. The smallest absolute Gasteiger partial charge is 0.248 e. The van der Waals surface area contributed by atoms with Crippen molar-refractivity contribution in [2.75, 3.05) is 5.32 Å². The van der Waals surface area contributed by atoms with Crippen LogP contribution in [0.2, 0.25) is 0 Å². The zero-order valence-corrected chi connectivity index (χ0v) is 9.81. The predicted octanol–water partition coefficient (Wildman–Crippen LogP) is 3.38. The summed E-state index contributed by atoms with van der Waals surface area (Å²) < 4.78 is 18.5. The molecule has 0 aliphatic rings. The lowest BCUT2D eigenvalue weighted by Gasteiger charge is -2.02. The number of carbonyl (C=O) groups is 1. The standard InChI is InChI=1S/C14H12FNO2/c1-10-6-7-11(18-10)8-9-14(17)16-13-5-3-2-4-12(13)15/h2-9H,1H3,(H,16,17)/b9-8+. The molecular weight excluding hydrogens is 233 g/mol. The molecule has 0 aliphatic heterocycles. The highest BCUT2D eigenvalue weighted by Gasteiger charge is 2.03. The van der Waals surface area contributed by atoms with E-state index < -0.39 is 11.7 Å². The van der Waals surface area contributed by atoms with Crippen LogP contribution in [0.3, 0.4) is 0 Å². The SMILES string of the molecule is Cc1ccc(/C=C/C(=O)Nc2ccccc2F)o1. The molecule has 1 aromatic carbocycles. The summed E-state index contributed by atoms with van der Waals surface area (Å²) >= 11 is 0. The highest BCUT2D eigenvalue weighted by Crippen LogP contribution is 2.13. The van der Waals surface area contributed by atoms with Crippen LogP contribution in [0.25, 0.3) is 6.08 Å². The Morgan fingerprint density at radius 3 is 2.72 bits per heavy atom. The fourth-order valence-electron chi connectivity index (χ4n) is 1.44. The van der Waals surface area contributed by atoms with Gasteiger partial charge in [-0.1, -0.05) is 12.1 Å². The van der Waals surface area contributed by atoms with Gasteiger partial charge in [-0.25, -0.2) is 4.39 Å². The molecule has 92 valence electrons. The molecule has 2 rings (SSSR count). The van der Waals surface area contributed by atoms with Crippen molar-refractivity contribution in [1.29, 1.82) is 0 Å². The summed E-state index contributed by atoms with van der Waals surface area (Å²) in [5.74, 6) is 0.475. The maximum atomic E-state index is 13.3. The normalized spacial score (nSPS) is 10.8. The number of para-hydroxylation sites is 1. The maximum absolute atomic E-state index is 13.3. The first-order chi connectivity index (χ1) is 8.65. The Labute approximate surface area is 104 Å². The average Bonchev–Trinajstić information content (AvgIpc) is 2.76. The molecule has 0 atom stereocenters. The summed E-state index contributed by atoms with van der Waals surface area (Å²) in [6, 6.07) is 9.55. The van der Waals surface area contributed by atoms with Gasteiger partial charge in [0.05, 0.1) is 5.69 Å². The number of rotatable bonds is 3. The van der Waals surface area contributed by atoms with E-state index in [0.717, 1.165) is 5.76 Å². The van der Waals surface area contributed by atoms with E-state index in [1.54, 1.807) is 24.3 Å². The fraction of sp³-hybridized carbons (Fsp3) is 0.0714. The van der Waals surface area contributed by atoms with Crippen LogP contribution >= 0.6 is 0 Å². The Hall–Kier alpha value is -2.36. The van der Waals surface area contributed by atoms with Crippen LogP contribution in [0.1, 0.15) is 11.5 Å². The molecule has 1 aromatic heterocycles. The minimum atomic E-state index is -0.465. The van der Waals surface area contributed by atoms with E-state index in [-0.39, 0.29) is 5.69 Å². The van der Waals surface area contributed by atoms with E-state index in [0.29, 0.717) is 5.76 Å². The summed E-state index contributed by atoms with van der Waals surface area (Å²) in [4.78, 5) is 11.5. The lowest BCUT2D eigenvalue weighted by atomic mass is 10.3. The van der Waals surface area contributed by atoms with E-state index >= 15 is 0 Å². The molecule has 3 nitrogen and oxygen atoms in total. The first-order valence-corrected chi connectivity index (χ1v) is 5.45. The van der Waals surface area contributed by atoms with Crippen molar-refractivity contribution in [3.05, 3.63) is 59.8 Å². The average molecular weight is 245 g/mol. The van der Waals surface area contributed by atoms with Crippen LogP contribution < -0.4 is 5.32 Å². The third kappa shape index (κ3) is 3.07. The molecule has 0 aliphatic carbocycles. The number of hydrogen-bond acceptors (Lipinski definition) is 2. The van der Waals surface area contributed by atoms with E-state index in [1.165, 1.54) is 24.3 Å². The van der Waals surface area contributed by atoms with Gasteiger partial charge in [-0.3, -0.25) is 4.79 Å². The Morgan fingerprint density at radius 1 is 1.28 bits per heavy atom. The number of amides is 1. The van der Waals surface area contributed by atoms with Crippen LogP contribution in [-0.4, -0.2) is 5.91 Å². The van der Waals surface area contributed by atoms with Crippen molar-refractivity contribution in [3.63, 3.8) is 0 Å². The molecule has 18 heavy (non-hydrogen) atoms. The number of benzene rings is 1. The van der Waals surface area contributed by atoms with Crippen LogP contribution in [-0.2, 0) is 4.79 Å². The first-order valence-electron chi connectivity index (χ1n) is 5.45. The zero-order valence-electron chi connectivity index (χ0n) is 9.81. The molecule has 1 N–H and O–H groups in total. The lowest BCUT2D eigenvalue weighted by Crippen LogP contribution is -2.08. The largest absolute Gasteiger partial charge is 0.462 e. The Balaban J connectivity index is 2.01. The highest BCUT2D eigenvalue weighted by atomic mass is 19.1. The van der Waals surface area contributed by atoms with Gasteiger partial charge in [0.25, 0.3) is 0 Å². The number of hydrogen-bond donors (Lipinski definition) is 1. The van der Waals surface area contributed by atoms with Gasteiger partial charge in [0.15, 0.2) is 0 Å². The van der Waals surface area contributed by atoms with Gasteiger partial charge in [-0.15, -0.1) is 0 Å². The first kappa shape index (κ1) is 12.1. The molecule has 1 amide bonds. The molecule has 0 fully saturated rings. The van der Waals surface area contributed by atoms with Gasteiger partial charge in [0.2, 0.25) is 5.91 Å². The Morgan fingerprint density at radius 2 is 2.06 bits per heavy atom. The van der Waals surface area contributed by atoms with Crippen molar-refractivity contribution < 1.29 is 13.6 Å². The molecule has 0 bridgehead atoms. The summed E-state index contributed by atoms with van der Waals surface area (Å²) in [5, 5.41) is 2.44. The van der Waals surface area contributed by atoms with Crippen molar-refractivity contribution in [1.82, 2.24) is 0 Å². The van der Waals surface area contributed by atoms with Crippen LogP contribution in [0.4, 0.5) is 10.1 Å². The number of aryl methyl sites for hydroxylation is 1. The molecule has 1 heterocycles. The van der Waals surface area contributed by atoms with Gasteiger partial charge in [0, 0.05) is 6.08 Å².